The van der Waals surface area contributed by atoms with Crippen molar-refractivity contribution in [3.63, 3.8) is 0 Å². The third-order valence-electron chi connectivity index (χ3n) is 6.34. The number of nitrogens with zero attached hydrogens (tertiary/aromatic N) is 2. The van der Waals surface area contributed by atoms with Gasteiger partial charge in [0.25, 0.3) is 5.91 Å². The van der Waals surface area contributed by atoms with Crippen LogP contribution in [0.2, 0.25) is 5.02 Å². The van der Waals surface area contributed by atoms with Gasteiger partial charge >= 0.3 is 0 Å². The van der Waals surface area contributed by atoms with Gasteiger partial charge in [-0.15, -0.1) is 0 Å². The smallest absolute Gasteiger partial charge is 0.261 e. The standard InChI is InChI=1S/C23H25ClF2N2OS/c1-30-13-3-10-27-11-8-23(9-12-27)15-28(20-7-6-16(24)14-18(20)23)22(29)17-4-2-5-19(25)21(17)26/h2,4-7,14H,3,8-13,15H2,1H3. The molecule has 0 saturated carbocycles. The molecule has 0 aliphatic carbocycles. The van der Waals surface area contributed by atoms with Crippen molar-refractivity contribution in [2.45, 2.75) is 24.7 Å². The van der Waals surface area contributed by atoms with Crippen molar-refractivity contribution in [2.75, 3.05) is 43.1 Å². The number of hydrogen-bond acceptors (Lipinski definition) is 3. The zero-order valence-corrected chi connectivity index (χ0v) is 18.5. The van der Waals surface area contributed by atoms with Crippen molar-refractivity contribution in [1.29, 1.82) is 0 Å². The van der Waals surface area contributed by atoms with Crippen LogP contribution in [0.25, 0.3) is 0 Å². The number of thioether (sulfide) groups is 1. The van der Waals surface area contributed by atoms with Gasteiger partial charge in [0.15, 0.2) is 11.6 Å². The van der Waals surface area contributed by atoms with E-state index in [1.165, 1.54) is 18.6 Å². The molecule has 160 valence electrons. The summed E-state index contributed by atoms with van der Waals surface area (Å²) in [6, 6.07) is 9.25. The van der Waals surface area contributed by atoms with Gasteiger partial charge in [-0.1, -0.05) is 17.7 Å². The van der Waals surface area contributed by atoms with Crippen molar-refractivity contribution >= 4 is 35.0 Å². The maximum atomic E-state index is 14.3. The van der Waals surface area contributed by atoms with Crippen LogP contribution in [0.15, 0.2) is 36.4 Å². The molecule has 1 fully saturated rings. The minimum atomic E-state index is -1.09. The van der Waals surface area contributed by atoms with E-state index in [1.807, 2.05) is 23.9 Å². The summed E-state index contributed by atoms with van der Waals surface area (Å²) in [6.07, 6.45) is 5.11. The van der Waals surface area contributed by atoms with Crippen molar-refractivity contribution in [2.24, 2.45) is 0 Å². The van der Waals surface area contributed by atoms with E-state index in [4.69, 9.17) is 11.6 Å². The molecule has 30 heavy (non-hydrogen) atoms. The molecule has 0 bridgehead atoms. The number of rotatable bonds is 5. The third kappa shape index (κ3) is 3.97. The van der Waals surface area contributed by atoms with Crippen molar-refractivity contribution in [3.8, 4) is 0 Å². The molecule has 2 aliphatic heterocycles. The summed E-state index contributed by atoms with van der Waals surface area (Å²) in [7, 11) is 0. The Morgan fingerprint density at radius 2 is 1.97 bits per heavy atom. The number of hydrogen-bond donors (Lipinski definition) is 0. The Labute approximate surface area is 185 Å². The Bertz CT molecular complexity index is 947. The van der Waals surface area contributed by atoms with Gasteiger partial charge in [-0.3, -0.25) is 4.79 Å². The van der Waals surface area contributed by atoms with Gasteiger partial charge in [-0.2, -0.15) is 11.8 Å². The zero-order chi connectivity index (χ0) is 21.3. The van der Waals surface area contributed by atoms with Gasteiger partial charge in [0.1, 0.15) is 0 Å². The summed E-state index contributed by atoms with van der Waals surface area (Å²) in [5.41, 5.74) is 1.37. The Morgan fingerprint density at radius 1 is 1.20 bits per heavy atom. The molecule has 3 nitrogen and oxygen atoms in total. The van der Waals surface area contributed by atoms with E-state index in [2.05, 4.69) is 11.2 Å². The molecule has 1 spiro atoms. The lowest BCUT2D eigenvalue weighted by atomic mass is 9.74. The third-order valence-corrected chi connectivity index (χ3v) is 7.28. The molecule has 2 aromatic carbocycles. The summed E-state index contributed by atoms with van der Waals surface area (Å²) in [5, 5.41) is 0.627. The van der Waals surface area contributed by atoms with E-state index in [0.29, 0.717) is 11.6 Å². The fourth-order valence-corrected chi connectivity index (χ4v) is 5.29. The summed E-state index contributed by atoms with van der Waals surface area (Å²) < 4.78 is 28.0. The minimum Gasteiger partial charge on any atom is -0.307 e. The van der Waals surface area contributed by atoms with E-state index >= 15 is 0 Å². The molecular weight excluding hydrogens is 426 g/mol. The highest BCUT2D eigenvalue weighted by atomic mass is 35.5. The Kier molecular flexibility index (Phi) is 6.37. The van der Waals surface area contributed by atoms with Crippen LogP contribution >= 0.6 is 23.4 Å². The van der Waals surface area contributed by atoms with E-state index in [1.54, 1.807) is 11.0 Å². The SMILES string of the molecule is CSCCCN1CCC2(CC1)CN(C(=O)c1cccc(F)c1F)c1ccc(Cl)cc12. The maximum absolute atomic E-state index is 14.3. The van der Waals surface area contributed by atoms with Gasteiger partial charge in [0.05, 0.1) is 5.56 Å². The topological polar surface area (TPSA) is 23.6 Å². The Morgan fingerprint density at radius 3 is 2.70 bits per heavy atom. The fourth-order valence-electron chi connectivity index (χ4n) is 4.70. The lowest BCUT2D eigenvalue weighted by Gasteiger charge is -2.40. The number of carbonyl (C=O) groups is 1. The van der Waals surface area contributed by atoms with Crippen LogP contribution in [0.3, 0.4) is 0 Å². The normalized spacial score (nSPS) is 18.1. The number of piperidine rings is 1. The van der Waals surface area contributed by atoms with Crippen LogP contribution in [0, 0.1) is 11.6 Å². The highest BCUT2D eigenvalue weighted by Gasteiger charge is 2.46. The summed E-state index contributed by atoms with van der Waals surface area (Å²) in [6.45, 7) is 3.46. The van der Waals surface area contributed by atoms with Crippen LogP contribution in [-0.4, -0.2) is 49.0 Å². The molecule has 2 aliphatic rings. The van der Waals surface area contributed by atoms with Crippen molar-refractivity contribution in [1.82, 2.24) is 4.90 Å². The van der Waals surface area contributed by atoms with Gasteiger partial charge in [0.2, 0.25) is 0 Å². The summed E-state index contributed by atoms with van der Waals surface area (Å²) in [4.78, 5) is 17.3. The summed E-state index contributed by atoms with van der Waals surface area (Å²) >= 11 is 8.17. The lowest BCUT2D eigenvalue weighted by molar-refractivity contribution is 0.0971. The largest absolute Gasteiger partial charge is 0.307 e. The monoisotopic (exact) mass is 450 g/mol. The lowest BCUT2D eigenvalue weighted by Crippen LogP contribution is -2.46. The fraction of sp³-hybridized carbons (Fsp3) is 0.435. The predicted octanol–water partition coefficient (Wildman–Crippen LogP) is 5.37. The van der Waals surface area contributed by atoms with Crippen LogP contribution in [0.1, 0.15) is 35.2 Å². The number of halogens is 3. The molecule has 0 atom stereocenters. The van der Waals surface area contributed by atoms with Gasteiger partial charge < -0.3 is 9.80 Å². The molecule has 0 aromatic heterocycles. The maximum Gasteiger partial charge on any atom is 0.261 e. The second-order valence-corrected chi connectivity index (χ2v) is 9.54. The van der Waals surface area contributed by atoms with Gasteiger partial charge in [0, 0.05) is 22.7 Å². The summed E-state index contributed by atoms with van der Waals surface area (Å²) in [5.74, 6) is -1.45. The molecule has 1 amide bonds. The van der Waals surface area contributed by atoms with Gasteiger partial charge in [-0.25, -0.2) is 8.78 Å². The Balaban J connectivity index is 1.61. The first kappa shape index (κ1) is 21.6. The highest BCUT2D eigenvalue weighted by molar-refractivity contribution is 7.98. The first-order chi connectivity index (χ1) is 14.4. The number of benzene rings is 2. The molecule has 0 N–H and O–H groups in total. The van der Waals surface area contributed by atoms with Crippen LogP contribution < -0.4 is 4.90 Å². The molecule has 4 rings (SSSR count). The molecular formula is C23H25ClF2N2OS. The van der Waals surface area contributed by atoms with E-state index in [0.717, 1.165) is 55.5 Å². The second-order valence-electron chi connectivity index (χ2n) is 8.12. The molecule has 0 radical (unpaired) electrons. The van der Waals surface area contributed by atoms with Crippen LogP contribution in [0.5, 0.6) is 0 Å². The first-order valence-corrected chi connectivity index (χ1v) is 12.0. The highest BCUT2D eigenvalue weighted by Crippen LogP contribution is 2.48. The first-order valence-electron chi connectivity index (χ1n) is 10.2. The molecule has 7 heteroatoms. The van der Waals surface area contributed by atoms with E-state index < -0.39 is 17.5 Å². The number of amides is 1. The van der Waals surface area contributed by atoms with Crippen LogP contribution in [0.4, 0.5) is 14.5 Å². The zero-order valence-electron chi connectivity index (χ0n) is 17.0. The van der Waals surface area contributed by atoms with E-state index in [-0.39, 0.29) is 11.0 Å². The quantitative estimate of drug-likeness (QED) is 0.572. The molecule has 2 aromatic rings. The number of carbonyl (C=O) groups excluding carboxylic acids is 1. The van der Waals surface area contributed by atoms with Crippen molar-refractivity contribution in [3.05, 3.63) is 64.2 Å². The Hall–Kier alpha value is -1.63. The van der Waals surface area contributed by atoms with E-state index in [9.17, 15) is 13.6 Å². The number of fused-ring (bicyclic) bond motifs is 2. The molecule has 0 unspecified atom stereocenters. The average molecular weight is 451 g/mol. The number of anilines is 1. The second kappa shape index (κ2) is 8.85. The minimum absolute atomic E-state index is 0.199. The van der Waals surface area contributed by atoms with Crippen LogP contribution in [-0.2, 0) is 5.41 Å². The van der Waals surface area contributed by atoms with Gasteiger partial charge in [-0.05, 0) is 86.8 Å². The molecule has 1 saturated heterocycles. The molecule has 2 heterocycles. The van der Waals surface area contributed by atoms with Crippen molar-refractivity contribution < 1.29 is 13.6 Å². The average Bonchev–Trinajstić information content (AvgIpc) is 3.05. The number of likely N-dealkylation sites (tertiary alicyclic amines) is 1. The predicted molar refractivity (Wildman–Crippen MR) is 120 cm³/mol.